The van der Waals surface area contributed by atoms with Gasteiger partial charge in [0.15, 0.2) is 6.39 Å². The molecule has 0 bridgehead atoms. The van der Waals surface area contributed by atoms with E-state index in [0.717, 1.165) is 12.8 Å². The van der Waals surface area contributed by atoms with Crippen LogP contribution in [-0.4, -0.2) is 34.2 Å². The van der Waals surface area contributed by atoms with Crippen LogP contribution < -0.4 is 5.32 Å². The number of urea groups is 1. The number of amides is 2. The highest BCUT2D eigenvalue weighted by molar-refractivity contribution is 5.75. The van der Waals surface area contributed by atoms with Gasteiger partial charge >= 0.3 is 6.03 Å². The Hall–Kier alpha value is -2.34. The average Bonchev–Trinajstić information content (AvgIpc) is 3.16. The number of aliphatic hydroxyl groups is 1. The molecule has 23 heavy (non-hydrogen) atoms. The summed E-state index contributed by atoms with van der Waals surface area (Å²) in [6.07, 6.45) is 3.21. The van der Waals surface area contributed by atoms with Gasteiger partial charge < -0.3 is 19.7 Å². The second-order valence-electron chi connectivity index (χ2n) is 5.68. The number of rotatable bonds is 5. The van der Waals surface area contributed by atoms with Gasteiger partial charge in [0.1, 0.15) is 11.5 Å². The lowest BCUT2D eigenvalue weighted by atomic mass is 10.1. The molecule has 1 heterocycles. The van der Waals surface area contributed by atoms with Crippen LogP contribution in [0.1, 0.15) is 35.0 Å². The van der Waals surface area contributed by atoms with E-state index in [0.29, 0.717) is 24.5 Å². The Bertz CT molecular complexity index is 683. The molecule has 6 heteroatoms. The highest BCUT2D eigenvalue weighted by Gasteiger charge is 2.30. The van der Waals surface area contributed by atoms with Gasteiger partial charge in [-0.15, -0.1) is 0 Å². The van der Waals surface area contributed by atoms with Crippen LogP contribution in [0, 0.1) is 6.92 Å². The van der Waals surface area contributed by atoms with Gasteiger partial charge in [-0.2, -0.15) is 0 Å². The second-order valence-corrected chi connectivity index (χ2v) is 5.68. The summed E-state index contributed by atoms with van der Waals surface area (Å²) in [5.74, 6) is 0.699. The maximum Gasteiger partial charge on any atom is 0.318 e. The third-order valence-electron chi connectivity index (χ3n) is 4.33. The third-order valence-corrected chi connectivity index (χ3v) is 4.33. The lowest BCUT2D eigenvalue weighted by molar-refractivity contribution is 0.151. The number of aliphatic hydroxyl groups excluding tert-OH is 1. The Balaban J connectivity index is 1.71. The summed E-state index contributed by atoms with van der Waals surface area (Å²) in [4.78, 5) is 18.4. The molecule has 1 aromatic carbocycles. The summed E-state index contributed by atoms with van der Waals surface area (Å²) in [5.41, 5.74) is 3.17. The molecule has 2 aromatic rings. The van der Waals surface area contributed by atoms with E-state index >= 15 is 0 Å². The Morgan fingerprint density at radius 2 is 2.30 bits per heavy atom. The topological polar surface area (TPSA) is 78.6 Å². The van der Waals surface area contributed by atoms with Crippen molar-refractivity contribution in [3.8, 4) is 0 Å². The quantitative estimate of drug-likeness (QED) is 0.886. The zero-order valence-electron chi connectivity index (χ0n) is 13.2. The maximum absolute atomic E-state index is 12.6. The van der Waals surface area contributed by atoms with Gasteiger partial charge in [-0.25, -0.2) is 9.78 Å². The molecule has 6 nitrogen and oxygen atoms in total. The van der Waals surface area contributed by atoms with Gasteiger partial charge in [-0.3, -0.25) is 0 Å². The molecule has 0 radical (unpaired) electrons. The Kier molecular flexibility index (Phi) is 4.62. The SMILES string of the molecule is Cc1ocnc1CNC(=O)N(CCO)C1CCc2ccccc21. The van der Waals surface area contributed by atoms with Gasteiger partial charge in [0.25, 0.3) is 0 Å². The largest absolute Gasteiger partial charge is 0.448 e. The fourth-order valence-corrected chi connectivity index (χ4v) is 3.12. The van der Waals surface area contributed by atoms with Gasteiger partial charge in [0.2, 0.25) is 0 Å². The molecule has 2 N–H and O–H groups in total. The van der Waals surface area contributed by atoms with Gasteiger partial charge in [-0.1, -0.05) is 24.3 Å². The number of carbonyl (C=O) groups is 1. The number of benzene rings is 1. The standard InChI is InChI=1S/C17H21N3O3/c1-12-15(19-11-23-12)10-18-17(22)20(8-9-21)16-7-6-13-4-2-3-5-14(13)16/h2-5,11,16,21H,6-10H2,1H3,(H,18,22). The van der Waals surface area contributed by atoms with Crippen molar-refractivity contribution < 1.29 is 14.3 Å². The number of aryl methyl sites for hydroxylation is 2. The molecule has 2 amide bonds. The molecular weight excluding hydrogens is 294 g/mol. The van der Waals surface area contributed by atoms with Crippen LogP contribution in [0.25, 0.3) is 0 Å². The second kappa shape index (κ2) is 6.83. The lowest BCUT2D eigenvalue weighted by Gasteiger charge is -2.29. The first-order valence-electron chi connectivity index (χ1n) is 7.82. The van der Waals surface area contributed by atoms with Crippen molar-refractivity contribution in [2.45, 2.75) is 32.4 Å². The van der Waals surface area contributed by atoms with E-state index in [4.69, 9.17) is 4.42 Å². The fourth-order valence-electron chi connectivity index (χ4n) is 3.12. The predicted molar refractivity (Wildman–Crippen MR) is 84.8 cm³/mol. The van der Waals surface area contributed by atoms with Crippen LogP contribution in [0.3, 0.4) is 0 Å². The molecule has 1 aliphatic carbocycles. The minimum Gasteiger partial charge on any atom is -0.448 e. The smallest absolute Gasteiger partial charge is 0.318 e. The summed E-state index contributed by atoms with van der Waals surface area (Å²) < 4.78 is 5.14. The molecule has 0 spiro atoms. The van der Waals surface area contributed by atoms with E-state index in [-0.39, 0.29) is 18.7 Å². The molecule has 0 fully saturated rings. The molecule has 122 valence electrons. The highest BCUT2D eigenvalue weighted by atomic mass is 16.3. The average molecular weight is 315 g/mol. The Labute approximate surface area is 135 Å². The highest BCUT2D eigenvalue weighted by Crippen LogP contribution is 2.35. The first-order valence-corrected chi connectivity index (χ1v) is 7.82. The number of hydrogen-bond acceptors (Lipinski definition) is 4. The van der Waals surface area contributed by atoms with Gasteiger partial charge in [-0.05, 0) is 30.9 Å². The normalized spacial score (nSPS) is 16.2. The Morgan fingerprint density at radius 1 is 1.48 bits per heavy atom. The number of carbonyl (C=O) groups excluding carboxylic acids is 1. The fraction of sp³-hybridized carbons (Fsp3) is 0.412. The first-order chi connectivity index (χ1) is 11.2. The van der Waals surface area contributed by atoms with E-state index in [1.807, 2.05) is 19.1 Å². The molecule has 0 saturated heterocycles. The first kappa shape index (κ1) is 15.6. The molecule has 0 aliphatic heterocycles. The number of fused-ring (bicyclic) bond motifs is 1. The number of hydrogen-bond donors (Lipinski definition) is 2. The van der Waals surface area contributed by atoms with Gasteiger partial charge in [0.05, 0.1) is 19.2 Å². The summed E-state index contributed by atoms with van der Waals surface area (Å²) in [7, 11) is 0. The number of oxazole rings is 1. The van der Waals surface area contributed by atoms with Crippen molar-refractivity contribution in [2.75, 3.05) is 13.2 Å². The lowest BCUT2D eigenvalue weighted by Crippen LogP contribution is -2.43. The third kappa shape index (κ3) is 3.22. The van der Waals surface area contributed by atoms with Gasteiger partial charge in [0, 0.05) is 6.54 Å². The minimum absolute atomic E-state index is 0.0109. The van der Waals surface area contributed by atoms with E-state index in [1.54, 1.807) is 4.90 Å². The molecule has 0 saturated carbocycles. The van der Waals surface area contributed by atoms with Crippen LogP contribution >= 0.6 is 0 Å². The Morgan fingerprint density at radius 3 is 3.04 bits per heavy atom. The van der Waals surface area contributed by atoms with Crippen molar-refractivity contribution in [2.24, 2.45) is 0 Å². The maximum atomic E-state index is 12.6. The molecule has 1 atom stereocenters. The van der Waals surface area contributed by atoms with Crippen LogP contribution in [-0.2, 0) is 13.0 Å². The summed E-state index contributed by atoms with van der Waals surface area (Å²) in [6.45, 7) is 2.38. The summed E-state index contributed by atoms with van der Waals surface area (Å²) in [6, 6.07) is 7.99. The van der Waals surface area contributed by atoms with E-state index in [9.17, 15) is 9.90 Å². The molecule has 3 rings (SSSR count). The zero-order valence-corrected chi connectivity index (χ0v) is 13.2. The number of nitrogens with zero attached hydrogens (tertiary/aromatic N) is 2. The van der Waals surface area contributed by atoms with Crippen LogP contribution in [0.15, 0.2) is 35.1 Å². The molecule has 1 aromatic heterocycles. The predicted octanol–water partition coefficient (Wildman–Crippen LogP) is 2.17. The molecular formula is C17H21N3O3. The van der Waals surface area contributed by atoms with Crippen LogP contribution in [0.2, 0.25) is 0 Å². The minimum atomic E-state index is -0.192. The summed E-state index contributed by atoms with van der Waals surface area (Å²) in [5, 5.41) is 12.2. The van der Waals surface area contributed by atoms with E-state index < -0.39 is 0 Å². The summed E-state index contributed by atoms with van der Waals surface area (Å²) >= 11 is 0. The van der Waals surface area contributed by atoms with Crippen molar-refractivity contribution >= 4 is 6.03 Å². The van der Waals surface area contributed by atoms with E-state index in [1.165, 1.54) is 17.5 Å². The number of aromatic nitrogens is 1. The zero-order chi connectivity index (χ0) is 16.2. The van der Waals surface area contributed by atoms with E-state index in [2.05, 4.69) is 22.4 Å². The van der Waals surface area contributed by atoms with Crippen molar-refractivity contribution in [1.29, 1.82) is 0 Å². The van der Waals surface area contributed by atoms with Crippen molar-refractivity contribution in [3.05, 3.63) is 53.2 Å². The molecule has 1 aliphatic rings. The number of nitrogens with one attached hydrogen (secondary N) is 1. The van der Waals surface area contributed by atoms with Crippen LogP contribution in [0.4, 0.5) is 4.79 Å². The van der Waals surface area contributed by atoms with Crippen molar-refractivity contribution in [1.82, 2.24) is 15.2 Å². The van der Waals surface area contributed by atoms with Crippen LogP contribution in [0.5, 0.6) is 0 Å². The van der Waals surface area contributed by atoms with Crippen molar-refractivity contribution in [3.63, 3.8) is 0 Å². The monoisotopic (exact) mass is 315 g/mol. The molecule has 1 unspecified atom stereocenters.